The summed E-state index contributed by atoms with van der Waals surface area (Å²) in [7, 11) is 0. The fourth-order valence-corrected chi connectivity index (χ4v) is 3.14. The Kier molecular flexibility index (Phi) is 3.81. The van der Waals surface area contributed by atoms with Gasteiger partial charge in [-0.3, -0.25) is 11.3 Å². The number of thiophene rings is 1. The number of nitrogens with one attached hydrogen (secondary N) is 1. The minimum absolute atomic E-state index is 0.0902. The smallest absolute Gasteiger partial charge is 0.101 e. The molecule has 0 saturated heterocycles. The SMILES string of the molecule is Cc1cc(C(Cc2sccc2Br)NN)co1. The highest BCUT2D eigenvalue weighted by Gasteiger charge is 2.15. The summed E-state index contributed by atoms with van der Waals surface area (Å²) in [5, 5.41) is 2.06. The quantitative estimate of drug-likeness (QED) is 0.674. The molecule has 2 heterocycles. The average molecular weight is 301 g/mol. The van der Waals surface area contributed by atoms with Gasteiger partial charge in [-0.05, 0) is 40.4 Å². The van der Waals surface area contributed by atoms with Crippen molar-refractivity contribution in [2.75, 3.05) is 0 Å². The predicted octanol–water partition coefficient (Wildman–Crippen LogP) is 3.16. The summed E-state index contributed by atoms with van der Waals surface area (Å²) in [5.41, 5.74) is 3.91. The van der Waals surface area contributed by atoms with Crippen LogP contribution in [0.4, 0.5) is 0 Å². The molecular formula is C11H13BrN2OS. The van der Waals surface area contributed by atoms with Gasteiger partial charge in [-0.15, -0.1) is 11.3 Å². The molecule has 0 radical (unpaired) electrons. The molecule has 2 rings (SSSR count). The number of hydrogen-bond acceptors (Lipinski definition) is 4. The van der Waals surface area contributed by atoms with Crippen molar-refractivity contribution >= 4 is 27.3 Å². The first-order chi connectivity index (χ1) is 7.70. The average Bonchev–Trinajstić information content (AvgIpc) is 2.85. The molecule has 5 heteroatoms. The number of furan rings is 1. The Balaban J connectivity index is 2.15. The number of aryl methyl sites for hydroxylation is 1. The third-order valence-corrected chi connectivity index (χ3v) is 4.38. The molecule has 16 heavy (non-hydrogen) atoms. The van der Waals surface area contributed by atoms with Crippen LogP contribution in [0, 0.1) is 6.92 Å². The van der Waals surface area contributed by atoms with Gasteiger partial charge in [-0.25, -0.2) is 0 Å². The fraction of sp³-hybridized carbons (Fsp3) is 0.273. The van der Waals surface area contributed by atoms with Crippen molar-refractivity contribution < 1.29 is 4.42 Å². The van der Waals surface area contributed by atoms with Gasteiger partial charge in [-0.1, -0.05) is 0 Å². The van der Waals surface area contributed by atoms with E-state index in [9.17, 15) is 0 Å². The van der Waals surface area contributed by atoms with Crippen LogP contribution in [0.1, 0.15) is 22.2 Å². The fourth-order valence-electron chi connectivity index (χ4n) is 1.58. The summed E-state index contributed by atoms with van der Waals surface area (Å²) in [5.74, 6) is 6.48. The van der Waals surface area contributed by atoms with Crippen molar-refractivity contribution in [1.29, 1.82) is 0 Å². The van der Waals surface area contributed by atoms with Crippen molar-refractivity contribution in [2.24, 2.45) is 5.84 Å². The van der Waals surface area contributed by atoms with Crippen LogP contribution in [0.3, 0.4) is 0 Å². The maximum absolute atomic E-state index is 5.58. The third kappa shape index (κ3) is 2.55. The summed E-state index contributed by atoms with van der Waals surface area (Å²) in [6, 6.07) is 4.15. The predicted molar refractivity (Wildman–Crippen MR) is 69.2 cm³/mol. The van der Waals surface area contributed by atoms with Crippen molar-refractivity contribution in [3.63, 3.8) is 0 Å². The van der Waals surface area contributed by atoms with Gasteiger partial charge < -0.3 is 4.42 Å². The molecule has 2 aromatic heterocycles. The van der Waals surface area contributed by atoms with E-state index in [2.05, 4.69) is 26.7 Å². The lowest BCUT2D eigenvalue weighted by atomic mass is 10.1. The second-order valence-electron chi connectivity index (χ2n) is 3.61. The van der Waals surface area contributed by atoms with Crippen LogP contribution in [-0.4, -0.2) is 0 Å². The molecule has 0 aliphatic carbocycles. The molecule has 0 saturated carbocycles. The van der Waals surface area contributed by atoms with Gasteiger partial charge in [0.1, 0.15) is 5.76 Å². The standard InChI is InChI=1S/C11H13BrN2OS/c1-7-4-8(6-15-7)10(14-13)5-11-9(12)2-3-16-11/h2-4,6,10,14H,5,13H2,1H3. The summed E-state index contributed by atoms with van der Waals surface area (Å²) in [6.45, 7) is 1.93. The van der Waals surface area contributed by atoms with Gasteiger partial charge in [0.2, 0.25) is 0 Å². The van der Waals surface area contributed by atoms with Crippen molar-refractivity contribution in [3.05, 3.63) is 44.4 Å². The molecule has 0 aliphatic heterocycles. The molecule has 1 unspecified atom stereocenters. The molecule has 3 N–H and O–H groups in total. The van der Waals surface area contributed by atoms with E-state index >= 15 is 0 Å². The molecule has 2 aromatic rings. The number of rotatable bonds is 4. The van der Waals surface area contributed by atoms with Crippen LogP contribution in [-0.2, 0) is 6.42 Å². The lowest BCUT2D eigenvalue weighted by Crippen LogP contribution is -2.29. The van der Waals surface area contributed by atoms with Gasteiger partial charge in [0.05, 0.1) is 12.3 Å². The number of hydrazine groups is 1. The van der Waals surface area contributed by atoms with Crippen LogP contribution in [0.5, 0.6) is 0 Å². The molecule has 0 amide bonds. The highest BCUT2D eigenvalue weighted by molar-refractivity contribution is 9.10. The second kappa shape index (κ2) is 5.14. The van der Waals surface area contributed by atoms with Gasteiger partial charge in [0.25, 0.3) is 0 Å². The van der Waals surface area contributed by atoms with Gasteiger partial charge in [0, 0.05) is 21.3 Å². The summed E-state index contributed by atoms with van der Waals surface area (Å²) in [6.07, 6.45) is 2.61. The van der Waals surface area contributed by atoms with E-state index in [-0.39, 0.29) is 6.04 Å². The zero-order valence-corrected chi connectivity index (χ0v) is 11.3. The first kappa shape index (κ1) is 11.9. The van der Waals surface area contributed by atoms with Crippen LogP contribution >= 0.6 is 27.3 Å². The molecule has 0 spiro atoms. The molecule has 0 fully saturated rings. The van der Waals surface area contributed by atoms with E-state index < -0.39 is 0 Å². The second-order valence-corrected chi connectivity index (χ2v) is 5.46. The van der Waals surface area contributed by atoms with E-state index in [4.69, 9.17) is 10.3 Å². The van der Waals surface area contributed by atoms with Crippen LogP contribution in [0.15, 0.2) is 32.7 Å². The highest BCUT2D eigenvalue weighted by Crippen LogP contribution is 2.28. The van der Waals surface area contributed by atoms with E-state index in [1.807, 2.05) is 19.1 Å². The largest absolute Gasteiger partial charge is 0.469 e. The van der Waals surface area contributed by atoms with E-state index in [0.717, 1.165) is 22.2 Å². The third-order valence-electron chi connectivity index (χ3n) is 2.43. The van der Waals surface area contributed by atoms with Crippen molar-refractivity contribution in [1.82, 2.24) is 5.43 Å². The first-order valence-corrected chi connectivity index (χ1v) is 6.61. The van der Waals surface area contributed by atoms with E-state index in [1.54, 1.807) is 17.6 Å². The number of halogens is 1. The van der Waals surface area contributed by atoms with Crippen molar-refractivity contribution in [2.45, 2.75) is 19.4 Å². The maximum atomic E-state index is 5.58. The molecule has 0 aliphatic rings. The van der Waals surface area contributed by atoms with E-state index in [1.165, 1.54) is 4.88 Å². The maximum Gasteiger partial charge on any atom is 0.101 e. The summed E-state index contributed by atoms with van der Waals surface area (Å²) >= 11 is 5.24. The molecule has 1 atom stereocenters. The summed E-state index contributed by atoms with van der Waals surface area (Å²) in [4.78, 5) is 1.28. The molecule has 3 nitrogen and oxygen atoms in total. The summed E-state index contributed by atoms with van der Waals surface area (Å²) < 4.78 is 6.43. The zero-order chi connectivity index (χ0) is 11.5. The lowest BCUT2D eigenvalue weighted by Gasteiger charge is -2.13. The molecular weight excluding hydrogens is 288 g/mol. The lowest BCUT2D eigenvalue weighted by molar-refractivity contribution is 0.512. The van der Waals surface area contributed by atoms with Crippen LogP contribution in [0.25, 0.3) is 0 Å². The Morgan fingerprint density at radius 1 is 1.62 bits per heavy atom. The van der Waals surface area contributed by atoms with E-state index in [0.29, 0.717) is 0 Å². The molecule has 0 bridgehead atoms. The first-order valence-electron chi connectivity index (χ1n) is 4.93. The zero-order valence-electron chi connectivity index (χ0n) is 8.87. The topological polar surface area (TPSA) is 51.2 Å². The van der Waals surface area contributed by atoms with Gasteiger partial charge in [0.15, 0.2) is 0 Å². The number of nitrogens with two attached hydrogens (primary N) is 1. The van der Waals surface area contributed by atoms with Crippen LogP contribution < -0.4 is 11.3 Å². The highest BCUT2D eigenvalue weighted by atomic mass is 79.9. The van der Waals surface area contributed by atoms with Gasteiger partial charge >= 0.3 is 0 Å². The minimum Gasteiger partial charge on any atom is -0.469 e. The van der Waals surface area contributed by atoms with Crippen molar-refractivity contribution in [3.8, 4) is 0 Å². The number of hydrogen-bond donors (Lipinski definition) is 2. The Labute approximate surface area is 107 Å². The Morgan fingerprint density at radius 2 is 2.44 bits per heavy atom. The molecule has 86 valence electrons. The minimum atomic E-state index is 0.0902. The Bertz CT molecular complexity index is 466. The monoisotopic (exact) mass is 300 g/mol. The molecule has 0 aromatic carbocycles. The van der Waals surface area contributed by atoms with Crippen LogP contribution in [0.2, 0.25) is 0 Å². The Morgan fingerprint density at radius 3 is 2.94 bits per heavy atom. The Hall–Kier alpha value is -0.620. The van der Waals surface area contributed by atoms with Gasteiger partial charge in [-0.2, -0.15) is 0 Å². The normalized spacial score (nSPS) is 12.9.